The molecule has 0 saturated heterocycles. The third kappa shape index (κ3) is 5.85. The SMILES string of the molecule is CCCCCCCNC(=O)c1ccccc1NC(=O)c1cc2ccccc2cc1OC. The van der Waals surface area contributed by atoms with Gasteiger partial charge in [-0.2, -0.15) is 0 Å². The predicted octanol–water partition coefficient (Wildman–Crippen LogP) is 5.80. The molecule has 3 rings (SSSR count). The topological polar surface area (TPSA) is 67.4 Å². The van der Waals surface area contributed by atoms with E-state index in [9.17, 15) is 9.59 Å². The molecule has 5 nitrogen and oxygen atoms in total. The van der Waals surface area contributed by atoms with E-state index in [-0.39, 0.29) is 11.8 Å². The van der Waals surface area contributed by atoms with E-state index in [2.05, 4.69) is 17.6 Å². The van der Waals surface area contributed by atoms with Crippen LogP contribution in [0.1, 0.15) is 59.7 Å². The van der Waals surface area contributed by atoms with Gasteiger partial charge in [0.05, 0.1) is 23.9 Å². The number of unbranched alkanes of at least 4 members (excludes halogenated alkanes) is 4. The lowest BCUT2D eigenvalue weighted by Crippen LogP contribution is -2.26. The summed E-state index contributed by atoms with van der Waals surface area (Å²) in [5, 5.41) is 7.79. The molecule has 31 heavy (non-hydrogen) atoms. The molecule has 0 aliphatic carbocycles. The predicted molar refractivity (Wildman–Crippen MR) is 126 cm³/mol. The smallest absolute Gasteiger partial charge is 0.259 e. The maximum Gasteiger partial charge on any atom is 0.259 e. The number of benzene rings is 3. The summed E-state index contributed by atoms with van der Waals surface area (Å²) < 4.78 is 5.44. The van der Waals surface area contributed by atoms with Crippen LogP contribution in [0, 0.1) is 0 Å². The lowest BCUT2D eigenvalue weighted by atomic mass is 10.0. The van der Waals surface area contributed by atoms with Crippen molar-refractivity contribution >= 4 is 28.3 Å². The molecule has 162 valence electrons. The Labute approximate surface area is 183 Å². The molecule has 0 heterocycles. The van der Waals surface area contributed by atoms with E-state index in [0.717, 1.165) is 23.6 Å². The van der Waals surface area contributed by atoms with E-state index in [1.165, 1.54) is 19.3 Å². The number of hydrogen-bond donors (Lipinski definition) is 2. The van der Waals surface area contributed by atoms with Crippen molar-refractivity contribution in [2.75, 3.05) is 19.0 Å². The number of methoxy groups -OCH3 is 1. The molecule has 5 heteroatoms. The van der Waals surface area contributed by atoms with Crippen LogP contribution in [0.25, 0.3) is 10.8 Å². The number of carbonyl (C=O) groups excluding carboxylic acids is 2. The fourth-order valence-electron chi connectivity index (χ4n) is 3.57. The first kappa shape index (κ1) is 22.3. The van der Waals surface area contributed by atoms with E-state index < -0.39 is 0 Å². The fourth-order valence-corrected chi connectivity index (χ4v) is 3.57. The molecule has 0 bridgehead atoms. The number of amides is 2. The van der Waals surface area contributed by atoms with Gasteiger partial charge in [-0.1, -0.05) is 69.0 Å². The third-order valence-electron chi connectivity index (χ3n) is 5.30. The number of hydrogen-bond acceptors (Lipinski definition) is 3. The average molecular weight is 419 g/mol. The van der Waals surface area contributed by atoms with Crippen LogP contribution in [-0.2, 0) is 0 Å². The second-order valence-electron chi connectivity index (χ2n) is 7.57. The standard InChI is InChI=1S/C26H30N2O3/c1-3-4-5-6-11-16-27-25(29)21-14-9-10-15-23(21)28-26(30)22-17-19-12-7-8-13-20(19)18-24(22)31-2/h7-10,12-15,17-18H,3-6,11,16H2,1-2H3,(H,27,29)(H,28,30). The average Bonchev–Trinajstić information content (AvgIpc) is 2.80. The second-order valence-corrected chi connectivity index (χ2v) is 7.57. The minimum Gasteiger partial charge on any atom is -0.496 e. The zero-order valence-electron chi connectivity index (χ0n) is 18.2. The summed E-state index contributed by atoms with van der Waals surface area (Å²) in [6.45, 7) is 2.81. The number of fused-ring (bicyclic) bond motifs is 1. The number of nitrogens with one attached hydrogen (secondary N) is 2. The van der Waals surface area contributed by atoms with Crippen molar-refractivity contribution in [2.24, 2.45) is 0 Å². The molecule has 0 aromatic heterocycles. The van der Waals surface area contributed by atoms with Gasteiger partial charge in [0.25, 0.3) is 11.8 Å². The molecule has 0 radical (unpaired) electrons. The van der Waals surface area contributed by atoms with Crippen LogP contribution in [0.2, 0.25) is 0 Å². The van der Waals surface area contributed by atoms with E-state index in [0.29, 0.717) is 29.1 Å². The number of ether oxygens (including phenoxy) is 1. The van der Waals surface area contributed by atoms with Crippen molar-refractivity contribution in [3.63, 3.8) is 0 Å². The molecule has 3 aromatic carbocycles. The molecule has 0 aliphatic rings. The monoisotopic (exact) mass is 418 g/mol. The van der Waals surface area contributed by atoms with Crippen molar-refractivity contribution in [2.45, 2.75) is 39.0 Å². The molecule has 0 saturated carbocycles. The van der Waals surface area contributed by atoms with Crippen molar-refractivity contribution in [3.05, 3.63) is 71.8 Å². The Morgan fingerprint density at radius 3 is 2.23 bits per heavy atom. The van der Waals surface area contributed by atoms with E-state index in [1.807, 2.05) is 36.4 Å². The molecule has 0 unspecified atom stereocenters. The fraction of sp³-hybridized carbons (Fsp3) is 0.308. The van der Waals surface area contributed by atoms with Gasteiger partial charge in [-0.15, -0.1) is 0 Å². The Balaban J connectivity index is 1.72. The van der Waals surface area contributed by atoms with Crippen LogP contribution in [-0.4, -0.2) is 25.5 Å². The first-order valence-electron chi connectivity index (χ1n) is 10.9. The van der Waals surface area contributed by atoms with E-state index in [1.54, 1.807) is 31.4 Å². The molecular weight excluding hydrogens is 388 g/mol. The first-order valence-corrected chi connectivity index (χ1v) is 10.9. The number of anilines is 1. The van der Waals surface area contributed by atoms with Crippen LogP contribution < -0.4 is 15.4 Å². The molecule has 2 N–H and O–H groups in total. The summed E-state index contributed by atoms with van der Waals surface area (Å²) in [6.07, 6.45) is 5.66. The Kier molecular flexibility index (Phi) is 8.05. The zero-order chi connectivity index (χ0) is 22.1. The van der Waals surface area contributed by atoms with Crippen molar-refractivity contribution in [1.82, 2.24) is 5.32 Å². The van der Waals surface area contributed by atoms with Gasteiger partial charge in [-0.25, -0.2) is 0 Å². The Hall–Kier alpha value is -3.34. The number of para-hydroxylation sites is 1. The highest BCUT2D eigenvalue weighted by Crippen LogP contribution is 2.27. The molecule has 3 aromatic rings. The van der Waals surface area contributed by atoms with Gasteiger partial charge in [-0.05, 0) is 41.5 Å². The van der Waals surface area contributed by atoms with Crippen LogP contribution >= 0.6 is 0 Å². The largest absolute Gasteiger partial charge is 0.496 e. The quantitative estimate of drug-likeness (QED) is 0.409. The van der Waals surface area contributed by atoms with Gasteiger partial charge in [0.1, 0.15) is 5.75 Å². The molecular formula is C26H30N2O3. The van der Waals surface area contributed by atoms with E-state index in [4.69, 9.17) is 4.74 Å². The normalized spacial score (nSPS) is 10.6. The van der Waals surface area contributed by atoms with Gasteiger partial charge in [0.2, 0.25) is 0 Å². The van der Waals surface area contributed by atoms with Gasteiger partial charge in [0, 0.05) is 6.54 Å². The molecule has 0 spiro atoms. The Morgan fingerprint density at radius 1 is 0.806 bits per heavy atom. The highest BCUT2D eigenvalue weighted by molar-refractivity contribution is 6.11. The van der Waals surface area contributed by atoms with Crippen molar-refractivity contribution < 1.29 is 14.3 Å². The Morgan fingerprint density at radius 2 is 1.48 bits per heavy atom. The summed E-state index contributed by atoms with van der Waals surface area (Å²) in [6, 6.07) is 18.5. The van der Waals surface area contributed by atoms with Crippen LogP contribution in [0.5, 0.6) is 5.75 Å². The maximum atomic E-state index is 13.1. The lowest BCUT2D eigenvalue weighted by Gasteiger charge is -2.14. The lowest BCUT2D eigenvalue weighted by molar-refractivity contribution is 0.0954. The van der Waals surface area contributed by atoms with Crippen LogP contribution in [0.15, 0.2) is 60.7 Å². The minimum absolute atomic E-state index is 0.183. The van der Waals surface area contributed by atoms with Crippen LogP contribution in [0.4, 0.5) is 5.69 Å². The van der Waals surface area contributed by atoms with E-state index >= 15 is 0 Å². The van der Waals surface area contributed by atoms with Crippen molar-refractivity contribution in [1.29, 1.82) is 0 Å². The summed E-state index contributed by atoms with van der Waals surface area (Å²) in [4.78, 5) is 25.7. The van der Waals surface area contributed by atoms with Gasteiger partial charge >= 0.3 is 0 Å². The van der Waals surface area contributed by atoms with Crippen molar-refractivity contribution in [3.8, 4) is 5.75 Å². The summed E-state index contributed by atoms with van der Waals surface area (Å²) in [5.41, 5.74) is 1.35. The third-order valence-corrected chi connectivity index (χ3v) is 5.30. The number of carbonyl (C=O) groups is 2. The molecule has 0 aliphatic heterocycles. The molecule has 0 atom stereocenters. The second kappa shape index (κ2) is 11.2. The highest BCUT2D eigenvalue weighted by Gasteiger charge is 2.17. The van der Waals surface area contributed by atoms with Crippen LogP contribution in [0.3, 0.4) is 0 Å². The summed E-state index contributed by atoms with van der Waals surface area (Å²) >= 11 is 0. The summed E-state index contributed by atoms with van der Waals surface area (Å²) in [5.74, 6) is -0.00972. The van der Waals surface area contributed by atoms with Gasteiger partial charge < -0.3 is 15.4 Å². The van der Waals surface area contributed by atoms with Gasteiger partial charge in [-0.3, -0.25) is 9.59 Å². The number of rotatable bonds is 10. The minimum atomic E-state index is -0.317. The highest BCUT2D eigenvalue weighted by atomic mass is 16.5. The van der Waals surface area contributed by atoms with Gasteiger partial charge in [0.15, 0.2) is 0 Å². The maximum absolute atomic E-state index is 13.1. The molecule has 2 amide bonds. The zero-order valence-corrected chi connectivity index (χ0v) is 18.2. The molecule has 0 fully saturated rings. The first-order chi connectivity index (χ1) is 15.1. The Bertz CT molecular complexity index is 1050. The summed E-state index contributed by atoms with van der Waals surface area (Å²) in [7, 11) is 1.54.